The zero-order valence-corrected chi connectivity index (χ0v) is 26.1. The Kier molecular flexibility index (Phi) is 10.4. The second-order valence-corrected chi connectivity index (χ2v) is 12.9. The molecule has 234 valence electrons. The first-order valence-corrected chi connectivity index (χ1v) is 15.4. The number of ether oxygens (including phenoxy) is 1. The molecule has 1 saturated carbocycles. The van der Waals surface area contributed by atoms with E-state index in [0.29, 0.717) is 12.1 Å². The molecule has 1 aliphatic carbocycles. The van der Waals surface area contributed by atoms with Gasteiger partial charge >= 0.3 is 6.09 Å². The van der Waals surface area contributed by atoms with Gasteiger partial charge in [-0.2, -0.15) is 0 Å². The maximum atomic E-state index is 14.3. The first kappa shape index (κ1) is 32.4. The molecule has 43 heavy (non-hydrogen) atoms. The average Bonchev–Trinajstić information content (AvgIpc) is 3.48. The molecule has 2 aliphatic rings. The third-order valence-electron chi connectivity index (χ3n) is 8.61. The molecule has 1 aliphatic heterocycles. The lowest BCUT2D eigenvalue weighted by atomic mass is 9.83. The lowest BCUT2D eigenvalue weighted by Gasteiger charge is -2.36. The van der Waals surface area contributed by atoms with Gasteiger partial charge in [-0.1, -0.05) is 25.3 Å². The van der Waals surface area contributed by atoms with Crippen LogP contribution < -0.4 is 11.1 Å². The standard InChI is InChI=1S/C33H46FN5O4/c1-21(38(5)32(42)43-33(2,3)4)30(40)37-29(22-10-7-6-8-11-22)31(41)39-15-9-12-28(39)25-16-24(19-36-20-25)27-14-13-26(34)17-23(27)18-35/h13-14,16-17,19-22,28-29H,6-12,15,18,35H2,1-5H3,(H,37,40). The van der Waals surface area contributed by atoms with Crippen molar-refractivity contribution >= 4 is 17.9 Å². The number of halogens is 1. The predicted molar refractivity (Wildman–Crippen MR) is 163 cm³/mol. The lowest BCUT2D eigenvalue weighted by Crippen LogP contribution is -2.56. The average molecular weight is 596 g/mol. The van der Waals surface area contributed by atoms with Crippen molar-refractivity contribution in [1.29, 1.82) is 0 Å². The van der Waals surface area contributed by atoms with Gasteiger partial charge in [0.05, 0.1) is 6.04 Å². The van der Waals surface area contributed by atoms with Crippen LogP contribution >= 0.6 is 0 Å². The fourth-order valence-electron chi connectivity index (χ4n) is 6.15. The smallest absolute Gasteiger partial charge is 0.410 e. The quantitative estimate of drug-likeness (QED) is 0.426. The van der Waals surface area contributed by atoms with Crippen LogP contribution in [0.15, 0.2) is 36.7 Å². The number of aromatic nitrogens is 1. The number of benzene rings is 1. The molecule has 0 bridgehead atoms. The van der Waals surface area contributed by atoms with E-state index in [1.807, 2.05) is 11.0 Å². The third kappa shape index (κ3) is 7.90. The minimum absolute atomic E-state index is 0.0151. The number of hydrogen-bond donors (Lipinski definition) is 2. The van der Waals surface area contributed by atoms with E-state index in [4.69, 9.17) is 10.5 Å². The number of likely N-dealkylation sites (tertiary alicyclic amines) is 1. The number of nitrogens with zero attached hydrogens (tertiary/aromatic N) is 3. The van der Waals surface area contributed by atoms with Crippen molar-refractivity contribution in [3.63, 3.8) is 0 Å². The summed E-state index contributed by atoms with van der Waals surface area (Å²) >= 11 is 0. The first-order chi connectivity index (χ1) is 20.4. The highest BCUT2D eigenvalue weighted by atomic mass is 19.1. The molecule has 1 saturated heterocycles. The number of carbonyl (C=O) groups is 3. The normalized spacial score (nSPS) is 19.0. The van der Waals surface area contributed by atoms with Crippen molar-refractivity contribution in [3.05, 3.63) is 53.6 Å². The topological polar surface area (TPSA) is 118 Å². The Balaban J connectivity index is 1.56. The molecule has 1 aromatic carbocycles. The first-order valence-electron chi connectivity index (χ1n) is 15.4. The summed E-state index contributed by atoms with van der Waals surface area (Å²) < 4.78 is 19.3. The number of likely N-dealkylation sites (N-methyl/N-ethyl adjacent to an activating group) is 1. The van der Waals surface area contributed by atoms with Crippen LogP contribution in [0, 0.1) is 11.7 Å². The summed E-state index contributed by atoms with van der Waals surface area (Å²) in [6.45, 7) is 7.73. The van der Waals surface area contributed by atoms with Crippen LogP contribution in [0.25, 0.3) is 11.1 Å². The maximum Gasteiger partial charge on any atom is 0.410 e. The predicted octanol–water partition coefficient (Wildman–Crippen LogP) is 5.33. The van der Waals surface area contributed by atoms with E-state index in [2.05, 4.69) is 10.3 Å². The van der Waals surface area contributed by atoms with E-state index in [1.165, 1.54) is 24.1 Å². The van der Waals surface area contributed by atoms with Gasteiger partial charge in [0, 0.05) is 38.1 Å². The highest BCUT2D eigenvalue weighted by Gasteiger charge is 2.40. The Hall–Kier alpha value is -3.53. The fraction of sp³-hybridized carbons (Fsp3) is 0.576. The second-order valence-electron chi connectivity index (χ2n) is 12.9. The highest BCUT2D eigenvalue weighted by molar-refractivity contribution is 5.91. The van der Waals surface area contributed by atoms with E-state index in [0.717, 1.165) is 61.6 Å². The van der Waals surface area contributed by atoms with E-state index in [9.17, 15) is 18.8 Å². The fourth-order valence-corrected chi connectivity index (χ4v) is 6.15. The van der Waals surface area contributed by atoms with Crippen molar-refractivity contribution in [1.82, 2.24) is 20.1 Å². The van der Waals surface area contributed by atoms with Crippen LogP contribution in [0.5, 0.6) is 0 Å². The highest BCUT2D eigenvalue weighted by Crippen LogP contribution is 2.36. The van der Waals surface area contributed by atoms with E-state index >= 15 is 0 Å². The molecular formula is C33H46FN5O4. The van der Waals surface area contributed by atoms with Gasteiger partial charge < -0.3 is 20.7 Å². The number of rotatable bonds is 8. The van der Waals surface area contributed by atoms with Gasteiger partial charge in [0.25, 0.3) is 0 Å². The summed E-state index contributed by atoms with van der Waals surface area (Å²) in [4.78, 5) is 48.0. The van der Waals surface area contributed by atoms with E-state index < -0.39 is 23.8 Å². The Labute approximate surface area is 254 Å². The Morgan fingerprint density at radius 2 is 1.84 bits per heavy atom. The number of nitrogens with one attached hydrogen (secondary N) is 1. The summed E-state index contributed by atoms with van der Waals surface area (Å²) in [5.74, 6) is -0.823. The molecule has 1 aromatic heterocycles. The summed E-state index contributed by atoms with van der Waals surface area (Å²) in [6.07, 6.45) is 9.35. The monoisotopic (exact) mass is 595 g/mol. The number of nitrogens with two attached hydrogens (primary N) is 1. The van der Waals surface area contributed by atoms with Gasteiger partial charge in [-0.3, -0.25) is 19.5 Å². The molecule has 2 heterocycles. The Morgan fingerprint density at radius 1 is 1.12 bits per heavy atom. The molecule has 9 nitrogen and oxygen atoms in total. The minimum atomic E-state index is -0.823. The summed E-state index contributed by atoms with van der Waals surface area (Å²) in [7, 11) is 1.53. The van der Waals surface area contributed by atoms with Crippen LogP contribution in [-0.4, -0.2) is 64.0 Å². The molecule has 2 aromatic rings. The van der Waals surface area contributed by atoms with Crippen molar-refractivity contribution in [2.75, 3.05) is 13.6 Å². The summed E-state index contributed by atoms with van der Waals surface area (Å²) in [5.41, 5.74) is 8.41. The second kappa shape index (κ2) is 13.8. The van der Waals surface area contributed by atoms with E-state index in [1.54, 1.807) is 46.2 Å². The van der Waals surface area contributed by atoms with Gasteiger partial charge in [0.15, 0.2) is 0 Å². The van der Waals surface area contributed by atoms with Crippen LogP contribution in [0.4, 0.5) is 9.18 Å². The van der Waals surface area contributed by atoms with Crippen molar-refractivity contribution in [2.45, 2.75) is 103 Å². The molecule has 0 radical (unpaired) electrons. The number of hydrogen-bond acceptors (Lipinski definition) is 6. The van der Waals surface area contributed by atoms with Crippen molar-refractivity contribution in [2.24, 2.45) is 11.7 Å². The van der Waals surface area contributed by atoms with E-state index in [-0.39, 0.29) is 36.1 Å². The minimum Gasteiger partial charge on any atom is -0.444 e. The van der Waals surface area contributed by atoms with Gasteiger partial charge in [0.2, 0.25) is 11.8 Å². The summed E-state index contributed by atoms with van der Waals surface area (Å²) in [6, 6.07) is 4.84. The molecule has 3 atom stereocenters. The molecule has 2 fully saturated rings. The van der Waals surface area contributed by atoms with Gasteiger partial charge in [-0.05, 0) is 94.2 Å². The summed E-state index contributed by atoms with van der Waals surface area (Å²) in [5, 5.41) is 3.05. The van der Waals surface area contributed by atoms with Crippen LogP contribution in [-0.2, 0) is 20.9 Å². The van der Waals surface area contributed by atoms with Crippen LogP contribution in [0.3, 0.4) is 0 Å². The van der Waals surface area contributed by atoms with Crippen LogP contribution in [0.2, 0.25) is 0 Å². The molecule has 4 rings (SSSR count). The van der Waals surface area contributed by atoms with Gasteiger partial charge in [0.1, 0.15) is 23.5 Å². The molecule has 0 spiro atoms. The maximum absolute atomic E-state index is 14.3. The van der Waals surface area contributed by atoms with Crippen LogP contribution in [0.1, 0.15) is 89.8 Å². The lowest BCUT2D eigenvalue weighted by molar-refractivity contribution is -0.140. The number of amides is 3. The van der Waals surface area contributed by atoms with Crippen molar-refractivity contribution in [3.8, 4) is 11.1 Å². The third-order valence-corrected chi connectivity index (χ3v) is 8.61. The van der Waals surface area contributed by atoms with Gasteiger partial charge in [-0.25, -0.2) is 9.18 Å². The Morgan fingerprint density at radius 3 is 2.51 bits per heavy atom. The number of pyridine rings is 1. The molecular weight excluding hydrogens is 549 g/mol. The van der Waals surface area contributed by atoms with Crippen molar-refractivity contribution < 1.29 is 23.5 Å². The zero-order chi connectivity index (χ0) is 31.3. The van der Waals surface area contributed by atoms with Gasteiger partial charge in [-0.15, -0.1) is 0 Å². The number of carbonyl (C=O) groups excluding carboxylic acids is 3. The molecule has 3 amide bonds. The molecule has 10 heteroatoms. The molecule has 3 N–H and O–H groups in total. The zero-order valence-electron chi connectivity index (χ0n) is 26.1. The largest absolute Gasteiger partial charge is 0.444 e. The SMILES string of the molecule is CC(C(=O)NC(C(=O)N1CCCC1c1cncc(-c2ccc(F)cc2CN)c1)C1CCCCC1)N(C)C(=O)OC(C)(C)C. The Bertz CT molecular complexity index is 1310. The molecule has 3 unspecified atom stereocenters.